The second-order valence-electron chi connectivity index (χ2n) is 2.92. The second kappa shape index (κ2) is 4.40. The number of carboxylic acids is 1. The van der Waals surface area contributed by atoms with Gasteiger partial charge >= 0.3 is 5.97 Å². The number of benzene rings is 1. The highest BCUT2D eigenvalue weighted by atomic mass is 19.2. The minimum absolute atomic E-state index is 0.466. The van der Waals surface area contributed by atoms with E-state index in [4.69, 9.17) is 10.8 Å². The molecule has 0 aliphatic carbocycles. The quantitative estimate of drug-likeness (QED) is 0.772. The third kappa shape index (κ3) is 1.94. The van der Waals surface area contributed by atoms with Crippen LogP contribution < -0.4 is 10.5 Å². The van der Waals surface area contributed by atoms with E-state index in [-0.39, 0.29) is 0 Å². The van der Waals surface area contributed by atoms with Crippen LogP contribution in [0, 0.1) is 17.5 Å². The molecule has 1 aromatic carbocycles. The molecule has 0 aliphatic rings. The third-order valence-electron chi connectivity index (χ3n) is 1.95. The predicted octanol–water partition coefficient (Wildman–Crippen LogP) is 1.20. The van der Waals surface area contributed by atoms with E-state index in [1.165, 1.54) is 0 Å². The Labute approximate surface area is 88.4 Å². The van der Waals surface area contributed by atoms with E-state index < -0.39 is 40.8 Å². The van der Waals surface area contributed by atoms with Crippen molar-refractivity contribution in [1.82, 2.24) is 0 Å². The maximum Gasteiger partial charge on any atom is 0.325 e. The van der Waals surface area contributed by atoms with Crippen LogP contribution in [-0.4, -0.2) is 18.2 Å². The first-order valence-corrected chi connectivity index (χ1v) is 4.10. The van der Waals surface area contributed by atoms with Gasteiger partial charge < -0.3 is 15.6 Å². The molecule has 1 atom stereocenters. The molecule has 3 N–H and O–H groups in total. The summed E-state index contributed by atoms with van der Waals surface area (Å²) >= 11 is 0. The van der Waals surface area contributed by atoms with Crippen LogP contribution in [0.25, 0.3) is 0 Å². The zero-order valence-electron chi connectivity index (χ0n) is 8.13. The van der Waals surface area contributed by atoms with Crippen LogP contribution in [-0.2, 0) is 4.79 Å². The summed E-state index contributed by atoms with van der Waals surface area (Å²) in [6.07, 6.45) is 0. The molecule has 0 bridgehead atoms. The number of rotatable bonds is 3. The van der Waals surface area contributed by atoms with E-state index in [0.29, 0.717) is 6.07 Å². The second-order valence-corrected chi connectivity index (χ2v) is 2.92. The number of carbonyl (C=O) groups is 1. The molecular formula is C9H8F3NO3. The van der Waals surface area contributed by atoms with E-state index in [1.54, 1.807) is 0 Å². The Balaban J connectivity index is 3.44. The SMILES string of the molecule is COc1c(C(N)C(=O)O)cc(F)c(F)c1F. The summed E-state index contributed by atoms with van der Waals surface area (Å²) in [6, 6.07) is -1.20. The zero-order chi connectivity index (χ0) is 12.5. The lowest BCUT2D eigenvalue weighted by Gasteiger charge is -2.13. The van der Waals surface area contributed by atoms with Gasteiger partial charge in [0.25, 0.3) is 0 Å². The molecule has 0 aliphatic heterocycles. The summed E-state index contributed by atoms with van der Waals surface area (Å²) in [5.41, 5.74) is 4.70. The fourth-order valence-corrected chi connectivity index (χ4v) is 1.17. The highest BCUT2D eigenvalue weighted by molar-refractivity contribution is 5.76. The molecule has 0 saturated heterocycles. The molecule has 0 aromatic heterocycles. The van der Waals surface area contributed by atoms with Crippen molar-refractivity contribution in [2.45, 2.75) is 6.04 Å². The summed E-state index contributed by atoms with van der Waals surface area (Å²) in [5.74, 6) is -7.09. The molecular weight excluding hydrogens is 227 g/mol. The maximum atomic E-state index is 13.2. The maximum absolute atomic E-state index is 13.2. The minimum atomic E-state index is -1.74. The highest BCUT2D eigenvalue weighted by Gasteiger charge is 2.26. The summed E-state index contributed by atoms with van der Waals surface area (Å²) in [6.45, 7) is 0. The van der Waals surface area contributed by atoms with Gasteiger partial charge in [0.15, 0.2) is 17.4 Å². The molecule has 88 valence electrons. The van der Waals surface area contributed by atoms with E-state index in [1.807, 2.05) is 0 Å². The third-order valence-corrected chi connectivity index (χ3v) is 1.95. The van der Waals surface area contributed by atoms with Crippen molar-refractivity contribution in [3.63, 3.8) is 0 Å². The smallest absolute Gasteiger partial charge is 0.325 e. The van der Waals surface area contributed by atoms with Crippen LogP contribution in [0.3, 0.4) is 0 Å². The Hall–Kier alpha value is -1.76. The fraction of sp³-hybridized carbons (Fsp3) is 0.222. The van der Waals surface area contributed by atoms with Crippen LogP contribution in [0.1, 0.15) is 11.6 Å². The van der Waals surface area contributed by atoms with Crippen molar-refractivity contribution in [3.05, 3.63) is 29.1 Å². The average Bonchev–Trinajstić information content (AvgIpc) is 2.24. The van der Waals surface area contributed by atoms with Gasteiger partial charge in [0.2, 0.25) is 5.82 Å². The number of halogens is 3. The Morgan fingerprint density at radius 2 is 2.00 bits per heavy atom. The standard InChI is InChI=1S/C9H8F3NO3/c1-16-8-3(7(13)9(14)15)2-4(10)5(11)6(8)12/h2,7H,13H2,1H3,(H,14,15). The van der Waals surface area contributed by atoms with E-state index in [2.05, 4.69) is 4.74 Å². The van der Waals surface area contributed by atoms with Crippen molar-refractivity contribution >= 4 is 5.97 Å². The molecule has 0 fully saturated rings. The highest BCUT2D eigenvalue weighted by Crippen LogP contribution is 2.30. The Morgan fingerprint density at radius 3 is 2.44 bits per heavy atom. The van der Waals surface area contributed by atoms with Crippen LogP contribution in [0.5, 0.6) is 5.75 Å². The molecule has 1 aromatic rings. The van der Waals surface area contributed by atoms with Gasteiger partial charge in [0, 0.05) is 5.56 Å². The van der Waals surface area contributed by atoms with Gasteiger partial charge in [0.1, 0.15) is 6.04 Å². The molecule has 16 heavy (non-hydrogen) atoms. The van der Waals surface area contributed by atoms with Crippen molar-refractivity contribution in [1.29, 1.82) is 0 Å². The fourth-order valence-electron chi connectivity index (χ4n) is 1.17. The van der Waals surface area contributed by atoms with Crippen LogP contribution in [0.4, 0.5) is 13.2 Å². The van der Waals surface area contributed by atoms with Gasteiger partial charge in [0.05, 0.1) is 7.11 Å². The number of hydrogen-bond acceptors (Lipinski definition) is 3. The zero-order valence-corrected chi connectivity index (χ0v) is 8.13. The van der Waals surface area contributed by atoms with Gasteiger partial charge in [-0.25, -0.2) is 8.78 Å². The van der Waals surface area contributed by atoms with Crippen LogP contribution in [0.2, 0.25) is 0 Å². The first-order chi connectivity index (χ1) is 7.40. The molecule has 0 heterocycles. The molecule has 0 saturated carbocycles. The number of hydrogen-bond donors (Lipinski definition) is 2. The van der Waals surface area contributed by atoms with Gasteiger partial charge in [-0.2, -0.15) is 4.39 Å². The summed E-state index contributed by atoms with van der Waals surface area (Å²) in [5, 5.41) is 8.59. The number of aliphatic carboxylic acids is 1. The molecule has 4 nitrogen and oxygen atoms in total. The lowest BCUT2D eigenvalue weighted by Crippen LogP contribution is -2.22. The number of nitrogens with two attached hydrogens (primary N) is 1. The van der Waals surface area contributed by atoms with Crippen molar-refractivity contribution in [2.24, 2.45) is 5.73 Å². The lowest BCUT2D eigenvalue weighted by atomic mass is 10.1. The topological polar surface area (TPSA) is 72.5 Å². The average molecular weight is 235 g/mol. The van der Waals surface area contributed by atoms with E-state index in [9.17, 15) is 18.0 Å². The van der Waals surface area contributed by atoms with Crippen molar-refractivity contribution in [3.8, 4) is 5.75 Å². The van der Waals surface area contributed by atoms with Gasteiger partial charge in [-0.1, -0.05) is 0 Å². The van der Waals surface area contributed by atoms with Crippen molar-refractivity contribution < 1.29 is 27.8 Å². The predicted molar refractivity (Wildman–Crippen MR) is 47.4 cm³/mol. The van der Waals surface area contributed by atoms with Gasteiger partial charge in [-0.15, -0.1) is 0 Å². The summed E-state index contributed by atoms with van der Waals surface area (Å²) in [7, 11) is 0.994. The van der Waals surface area contributed by atoms with E-state index >= 15 is 0 Å². The number of ether oxygens (including phenoxy) is 1. The Bertz CT molecular complexity index is 436. The van der Waals surface area contributed by atoms with Crippen LogP contribution >= 0.6 is 0 Å². The molecule has 1 unspecified atom stereocenters. The Kier molecular flexibility index (Phi) is 3.38. The monoisotopic (exact) mass is 235 g/mol. The molecule has 0 radical (unpaired) electrons. The Morgan fingerprint density at radius 1 is 1.44 bits per heavy atom. The van der Waals surface area contributed by atoms with Gasteiger partial charge in [-0.3, -0.25) is 4.79 Å². The minimum Gasteiger partial charge on any atom is -0.493 e. The molecule has 0 spiro atoms. The largest absolute Gasteiger partial charge is 0.493 e. The molecule has 1 rings (SSSR count). The number of methoxy groups -OCH3 is 1. The summed E-state index contributed by atoms with van der Waals surface area (Å²) < 4.78 is 43.3. The van der Waals surface area contributed by atoms with Crippen LogP contribution in [0.15, 0.2) is 6.07 Å². The van der Waals surface area contributed by atoms with E-state index in [0.717, 1.165) is 7.11 Å². The number of carboxylic acid groups (broad SMARTS) is 1. The van der Waals surface area contributed by atoms with Gasteiger partial charge in [-0.05, 0) is 6.07 Å². The lowest BCUT2D eigenvalue weighted by molar-refractivity contribution is -0.138. The summed E-state index contributed by atoms with van der Waals surface area (Å²) in [4.78, 5) is 10.6. The normalized spacial score (nSPS) is 12.3. The van der Waals surface area contributed by atoms with Crippen molar-refractivity contribution in [2.75, 3.05) is 7.11 Å². The molecule has 0 amide bonds. The molecule has 7 heteroatoms. The first kappa shape index (κ1) is 12.3. The first-order valence-electron chi connectivity index (χ1n) is 4.10.